The van der Waals surface area contributed by atoms with Crippen LogP contribution in [0.5, 0.6) is 0 Å². The van der Waals surface area contributed by atoms with E-state index in [0.29, 0.717) is 6.54 Å². The molecule has 1 N–H and O–H groups in total. The highest BCUT2D eigenvalue weighted by Gasteiger charge is 2.08. The zero-order chi connectivity index (χ0) is 12.4. The van der Waals surface area contributed by atoms with Crippen molar-refractivity contribution in [2.24, 2.45) is 0 Å². The molecular formula is C13H14N2O2. The maximum Gasteiger partial charge on any atom is 0.356 e. The summed E-state index contributed by atoms with van der Waals surface area (Å²) in [6.45, 7) is 4.76. The normalized spacial score (nSPS) is 10.5. The lowest BCUT2D eigenvalue weighted by molar-refractivity contribution is 0.0691. The zero-order valence-corrected chi connectivity index (χ0v) is 9.84. The predicted molar refractivity (Wildman–Crippen MR) is 64.2 cm³/mol. The van der Waals surface area contributed by atoms with E-state index in [1.807, 2.05) is 6.07 Å². The van der Waals surface area contributed by atoms with Gasteiger partial charge in [-0.15, -0.1) is 0 Å². The molecule has 0 amide bonds. The minimum absolute atomic E-state index is 0.0798. The van der Waals surface area contributed by atoms with E-state index >= 15 is 0 Å². The number of hydrogen-bond acceptors (Lipinski definition) is 2. The summed E-state index contributed by atoms with van der Waals surface area (Å²) >= 11 is 0. The Labute approximate surface area is 99.5 Å². The molecule has 0 unspecified atom stereocenters. The number of aromatic carboxylic acids is 1. The first-order valence-corrected chi connectivity index (χ1v) is 5.38. The highest BCUT2D eigenvalue weighted by Crippen LogP contribution is 2.14. The van der Waals surface area contributed by atoms with E-state index in [1.165, 1.54) is 16.7 Å². The van der Waals surface area contributed by atoms with Crippen LogP contribution in [0.3, 0.4) is 0 Å². The Kier molecular flexibility index (Phi) is 2.95. The lowest BCUT2D eigenvalue weighted by Crippen LogP contribution is -2.02. The lowest BCUT2D eigenvalue weighted by atomic mass is 10.0. The zero-order valence-electron chi connectivity index (χ0n) is 9.84. The summed E-state index contributed by atoms with van der Waals surface area (Å²) in [4.78, 5) is 14.6. The standard InChI is InChI=1S/C13H14N2O2/c1-9-4-3-5-10(2)11(9)6-15-7-12(13(16)17)14-8-15/h3-5,7-8H,6H2,1-2H3,(H,16,17). The Hall–Kier alpha value is -2.10. The summed E-state index contributed by atoms with van der Waals surface area (Å²) < 4.78 is 1.79. The third-order valence-corrected chi connectivity index (χ3v) is 2.84. The van der Waals surface area contributed by atoms with E-state index in [2.05, 4.69) is 31.0 Å². The van der Waals surface area contributed by atoms with Crippen molar-refractivity contribution in [1.29, 1.82) is 0 Å². The summed E-state index contributed by atoms with van der Waals surface area (Å²) in [5.74, 6) is -0.995. The first-order valence-electron chi connectivity index (χ1n) is 5.38. The van der Waals surface area contributed by atoms with E-state index in [1.54, 1.807) is 17.1 Å². The SMILES string of the molecule is Cc1cccc(C)c1Cn1cnc(C(=O)O)c1. The Morgan fingerprint density at radius 1 is 1.35 bits per heavy atom. The van der Waals surface area contributed by atoms with Gasteiger partial charge in [0.25, 0.3) is 0 Å². The molecule has 0 bridgehead atoms. The van der Waals surface area contributed by atoms with E-state index in [4.69, 9.17) is 5.11 Å². The van der Waals surface area contributed by atoms with Crippen molar-refractivity contribution in [3.8, 4) is 0 Å². The number of carboxylic acids is 1. The fourth-order valence-corrected chi connectivity index (χ4v) is 1.84. The summed E-state index contributed by atoms with van der Waals surface area (Å²) in [5, 5.41) is 8.80. The van der Waals surface area contributed by atoms with Gasteiger partial charge in [0, 0.05) is 12.7 Å². The van der Waals surface area contributed by atoms with Gasteiger partial charge in [-0.2, -0.15) is 0 Å². The molecule has 2 aromatic rings. The molecule has 1 heterocycles. The number of aromatic nitrogens is 2. The summed E-state index contributed by atoms with van der Waals surface area (Å²) in [7, 11) is 0. The summed E-state index contributed by atoms with van der Waals surface area (Å²) in [5.41, 5.74) is 3.70. The topological polar surface area (TPSA) is 55.1 Å². The van der Waals surface area contributed by atoms with Crippen LogP contribution in [0.4, 0.5) is 0 Å². The predicted octanol–water partition coefficient (Wildman–Crippen LogP) is 2.25. The smallest absolute Gasteiger partial charge is 0.356 e. The van der Waals surface area contributed by atoms with Crippen LogP contribution in [-0.4, -0.2) is 20.6 Å². The molecule has 0 aliphatic heterocycles. The van der Waals surface area contributed by atoms with Crippen LogP contribution >= 0.6 is 0 Å². The molecule has 0 fully saturated rings. The molecule has 0 saturated carbocycles. The number of aryl methyl sites for hydroxylation is 2. The molecule has 0 spiro atoms. The van der Waals surface area contributed by atoms with Crippen molar-refractivity contribution in [2.75, 3.05) is 0 Å². The molecule has 17 heavy (non-hydrogen) atoms. The average molecular weight is 230 g/mol. The van der Waals surface area contributed by atoms with Crippen LogP contribution in [0, 0.1) is 13.8 Å². The van der Waals surface area contributed by atoms with Crippen LogP contribution in [0.2, 0.25) is 0 Å². The van der Waals surface area contributed by atoms with Gasteiger partial charge in [-0.1, -0.05) is 18.2 Å². The Balaban J connectivity index is 2.28. The molecule has 0 radical (unpaired) electrons. The molecular weight excluding hydrogens is 216 g/mol. The number of hydrogen-bond donors (Lipinski definition) is 1. The van der Waals surface area contributed by atoms with Crippen molar-refractivity contribution in [2.45, 2.75) is 20.4 Å². The number of rotatable bonds is 3. The van der Waals surface area contributed by atoms with Gasteiger partial charge in [-0.25, -0.2) is 9.78 Å². The Bertz CT molecular complexity index is 538. The second-order valence-electron chi connectivity index (χ2n) is 4.11. The maximum atomic E-state index is 10.7. The average Bonchev–Trinajstić information content (AvgIpc) is 2.72. The first-order chi connectivity index (χ1) is 8.08. The van der Waals surface area contributed by atoms with Crippen molar-refractivity contribution < 1.29 is 9.90 Å². The fraction of sp³-hybridized carbons (Fsp3) is 0.231. The first kappa shape index (κ1) is 11.4. The molecule has 0 aliphatic rings. The molecule has 4 heteroatoms. The van der Waals surface area contributed by atoms with Gasteiger partial charge in [0.05, 0.1) is 6.33 Å². The Morgan fingerprint density at radius 2 is 2.00 bits per heavy atom. The van der Waals surface area contributed by atoms with Crippen molar-refractivity contribution in [1.82, 2.24) is 9.55 Å². The van der Waals surface area contributed by atoms with Crippen LogP contribution in [-0.2, 0) is 6.54 Å². The van der Waals surface area contributed by atoms with Crippen molar-refractivity contribution >= 4 is 5.97 Å². The monoisotopic (exact) mass is 230 g/mol. The van der Waals surface area contributed by atoms with Gasteiger partial charge in [0.1, 0.15) is 0 Å². The van der Waals surface area contributed by atoms with Crippen LogP contribution < -0.4 is 0 Å². The number of carbonyl (C=O) groups is 1. The summed E-state index contributed by atoms with van der Waals surface area (Å²) in [6, 6.07) is 6.12. The van der Waals surface area contributed by atoms with Gasteiger partial charge < -0.3 is 9.67 Å². The van der Waals surface area contributed by atoms with Crippen LogP contribution in [0.25, 0.3) is 0 Å². The van der Waals surface area contributed by atoms with Gasteiger partial charge in [-0.05, 0) is 30.5 Å². The van der Waals surface area contributed by atoms with Gasteiger partial charge in [-0.3, -0.25) is 0 Å². The highest BCUT2D eigenvalue weighted by molar-refractivity contribution is 5.84. The second kappa shape index (κ2) is 4.41. The number of carboxylic acid groups (broad SMARTS) is 1. The van der Waals surface area contributed by atoms with E-state index in [9.17, 15) is 4.79 Å². The molecule has 4 nitrogen and oxygen atoms in total. The second-order valence-corrected chi connectivity index (χ2v) is 4.11. The van der Waals surface area contributed by atoms with E-state index < -0.39 is 5.97 Å². The quantitative estimate of drug-likeness (QED) is 0.879. The lowest BCUT2D eigenvalue weighted by Gasteiger charge is -2.09. The molecule has 0 atom stereocenters. The number of benzene rings is 1. The maximum absolute atomic E-state index is 10.7. The molecule has 1 aromatic heterocycles. The van der Waals surface area contributed by atoms with Crippen LogP contribution in [0.1, 0.15) is 27.2 Å². The third kappa shape index (κ3) is 2.36. The highest BCUT2D eigenvalue weighted by atomic mass is 16.4. The molecule has 1 aromatic carbocycles. The van der Waals surface area contributed by atoms with Crippen molar-refractivity contribution in [3.05, 3.63) is 53.1 Å². The number of nitrogens with zero attached hydrogens (tertiary/aromatic N) is 2. The minimum atomic E-state index is -0.995. The van der Waals surface area contributed by atoms with Gasteiger partial charge >= 0.3 is 5.97 Å². The summed E-state index contributed by atoms with van der Waals surface area (Å²) in [6.07, 6.45) is 3.10. The Morgan fingerprint density at radius 3 is 2.53 bits per heavy atom. The van der Waals surface area contributed by atoms with Gasteiger partial charge in [0.2, 0.25) is 0 Å². The minimum Gasteiger partial charge on any atom is -0.476 e. The molecule has 0 saturated heterocycles. The molecule has 2 rings (SSSR count). The molecule has 0 aliphatic carbocycles. The number of imidazole rings is 1. The molecule has 88 valence electrons. The third-order valence-electron chi connectivity index (χ3n) is 2.84. The van der Waals surface area contributed by atoms with E-state index in [0.717, 1.165) is 0 Å². The fourth-order valence-electron chi connectivity index (χ4n) is 1.84. The van der Waals surface area contributed by atoms with Crippen molar-refractivity contribution in [3.63, 3.8) is 0 Å². The van der Waals surface area contributed by atoms with Crippen LogP contribution in [0.15, 0.2) is 30.7 Å². The largest absolute Gasteiger partial charge is 0.476 e. The van der Waals surface area contributed by atoms with Gasteiger partial charge in [0.15, 0.2) is 5.69 Å². The van der Waals surface area contributed by atoms with E-state index in [-0.39, 0.29) is 5.69 Å².